The van der Waals surface area contributed by atoms with Gasteiger partial charge in [-0.25, -0.2) is 4.79 Å². The lowest BCUT2D eigenvalue weighted by molar-refractivity contribution is -0.141. The van der Waals surface area contributed by atoms with Crippen molar-refractivity contribution in [3.63, 3.8) is 0 Å². The molecule has 2 aromatic carbocycles. The van der Waals surface area contributed by atoms with Crippen molar-refractivity contribution >= 4 is 39.5 Å². The third-order valence-corrected chi connectivity index (χ3v) is 4.68. The van der Waals surface area contributed by atoms with Crippen LogP contribution in [0, 0.1) is 6.92 Å². The number of aryl methyl sites for hydroxylation is 1. The number of carbonyl (C=O) groups excluding carboxylic acids is 3. The molecule has 154 valence electrons. The van der Waals surface area contributed by atoms with E-state index in [4.69, 9.17) is 4.74 Å². The lowest BCUT2D eigenvalue weighted by Crippen LogP contribution is -2.35. The Morgan fingerprint density at radius 2 is 1.69 bits per heavy atom. The molecule has 0 fully saturated rings. The Balaban J connectivity index is 1.84. The van der Waals surface area contributed by atoms with Crippen LogP contribution in [0.15, 0.2) is 53.0 Å². The summed E-state index contributed by atoms with van der Waals surface area (Å²) in [6.07, 6.45) is 0.111. The van der Waals surface area contributed by atoms with E-state index >= 15 is 0 Å². The van der Waals surface area contributed by atoms with Crippen LogP contribution < -0.4 is 16.0 Å². The predicted octanol–water partition coefficient (Wildman–Crippen LogP) is 3.69. The third-order valence-electron chi connectivity index (χ3n) is 4.15. The fourth-order valence-corrected chi connectivity index (χ4v) is 2.83. The van der Waals surface area contributed by atoms with Crippen molar-refractivity contribution in [2.75, 3.05) is 19.0 Å². The number of hydrogen-bond acceptors (Lipinski definition) is 4. The molecule has 29 heavy (non-hydrogen) atoms. The van der Waals surface area contributed by atoms with Gasteiger partial charge in [0.1, 0.15) is 0 Å². The standard InChI is InChI=1S/C21H24BrN3O4/c1-14-3-5-15(6-4-14)18(13-20(27)29-2)25-19(26)11-12-23-21(28)24-17-9-7-16(22)8-10-17/h3-10,18H,11-13H2,1-2H3,(H,25,26)(H2,23,24,28). The number of amides is 3. The van der Waals surface area contributed by atoms with E-state index in [1.807, 2.05) is 43.3 Å². The van der Waals surface area contributed by atoms with Crippen molar-refractivity contribution in [3.8, 4) is 0 Å². The van der Waals surface area contributed by atoms with Gasteiger partial charge >= 0.3 is 12.0 Å². The second-order valence-corrected chi connectivity index (χ2v) is 7.36. The van der Waals surface area contributed by atoms with Crippen LogP contribution in [0.1, 0.15) is 30.0 Å². The average Bonchev–Trinajstić information content (AvgIpc) is 2.69. The summed E-state index contributed by atoms with van der Waals surface area (Å²) in [4.78, 5) is 35.9. The minimum Gasteiger partial charge on any atom is -0.469 e. The van der Waals surface area contributed by atoms with Crippen molar-refractivity contribution < 1.29 is 19.1 Å². The zero-order valence-electron chi connectivity index (χ0n) is 16.3. The molecular weight excluding hydrogens is 438 g/mol. The zero-order valence-corrected chi connectivity index (χ0v) is 17.9. The monoisotopic (exact) mass is 461 g/mol. The van der Waals surface area contributed by atoms with Gasteiger partial charge in [-0.1, -0.05) is 45.8 Å². The summed E-state index contributed by atoms with van der Waals surface area (Å²) in [5.41, 5.74) is 2.54. The number of rotatable bonds is 8. The second kappa shape index (κ2) is 11.2. The molecule has 0 saturated heterocycles. The van der Waals surface area contributed by atoms with Crippen molar-refractivity contribution in [2.24, 2.45) is 0 Å². The van der Waals surface area contributed by atoms with Gasteiger partial charge in [0.25, 0.3) is 0 Å². The molecule has 7 nitrogen and oxygen atoms in total. The Morgan fingerprint density at radius 3 is 2.31 bits per heavy atom. The van der Waals surface area contributed by atoms with E-state index in [0.29, 0.717) is 5.69 Å². The Labute approximate surface area is 178 Å². The third kappa shape index (κ3) is 7.95. The number of ether oxygens (including phenoxy) is 1. The first-order valence-electron chi connectivity index (χ1n) is 9.10. The van der Waals surface area contributed by atoms with Crippen LogP contribution in [0.4, 0.5) is 10.5 Å². The highest BCUT2D eigenvalue weighted by Crippen LogP contribution is 2.18. The number of esters is 1. The molecule has 0 heterocycles. The highest BCUT2D eigenvalue weighted by molar-refractivity contribution is 9.10. The van der Waals surface area contributed by atoms with Crippen LogP contribution in [0.25, 0.3) is 0 Å². The molecule has 0 radical (unpaired) electrons. The number of halogens is 1. The van der Waals surface area contributed by atoms with Gasteiger partial charge in [-0.2, -0.15) is 0 Å². The molecule has 0 aliphatic rings. The van der Waals surface area contributed by atoms with E-state index in [9.17, 15) is 14.4 Å². The molecule has 1 unspecified atom stereocenters. The van der Waals surface area contributed by atoms with Crippen LogP contribution in [0.2, 0.25) is 0 Å². The second-order valence-electron chi connectivity index (χ2n) is 6.45. The molecular formula is C21H24BrN3O4. The number of anilines is 1. The summed E-state index contributed by atoms with van der Waals surface area (Å²) >= 11 is 3.33. The molecule has 3 N–H and O–H groups in total. The summed E-state index contributed by atoms with van der Waals surface area (Å²) in [5.74, 6) is -0.689. The summed E-state index contributed by atoms with van der Waals surface area (Å²) in [6, 6.07) is 13.8. The summed E-state index contributed by atoms with van der Waals surface area (Å²) in [5, 5.41) is 8.15. The number of hydrogen-bond donors (Lipinski definition) is 3. The van der Waals surface area contributed by atoms with Crippen LogP contribution in [-0.2, 0) is 14.3 Å². The molecule has 0 spiro atoms. The first-order chi connectivity index (χ1) is 13.9. The SMILES string of the molecule is COC(=O)CC(NC(=O)CCNC(=O)Nc1ccc(Br)cc1)c1ccc(C)cc1. The molecule has 1 atom stereocenters. The van der Waals surface area contributed by atoms with E-state index in [1.165, 1.54) is 7.11 Å². The van der Waals surface area contributed by atoms with Crippen molar-refractivity contribution in [1.29, 1.82) is 0 Å². The predicted molar refractivity (Wildman–Crippen MR) is 114 cm³/mol. The van der Waals surface area contributed by atoms with Crippen molar-refractivity contribution in [3.05, 3.63) is 64.1 Å². The summed E-state index contributed by atoms with van der Waals surface area (Å²) < 4.78 is 5.64. The van der Waals surface area contributed by atoms with E-state index in [1.54, 1.807) is 12.1 Å². The van der Waals surface area contributed by atoms with Gasteiger partial charge in [0.05, 0.1) is 19.6 Å². The zero-order chi connectivity index (χ0) is 21.2. The average molecular weight is 462 g/mol. The molecule has 2 aromatic rings. The Morgan fingerprint density at radius 1 is 1.03 bits per heavy atom. The van der Waals surface area contributed by atoms with Gasteiger partial charge in [0, 0.05) is 23.1 Å². The maximum absolute atomic E-state index is 12.3. The van der Waals surface area contributed by atoms with Gasteiger partial charge in [0.2, 0.25) is 5.91 Å². The smallest absolute Gasteiger partial charge is 0.319 e. The first-order valence-corrected chi connectivity index (χ1v) is 9.90. The molecule has 0 aliphatic carbocycles. The largest absolute Gasteiger partial charge is 0.469 e. The van der Waals surface area contributed by atoms with E-state index in [-0.39, 0.29) is 25.3 Å². The van der Waals surface area contributed by atoms with Crippen LogP contribution in [-0.4, -0.2) is 31.6 Å². The lowest BCUT2D eigenvalue weighted by atomic mass is 10.0. The van der Waals surface area contributed by atoms with Crippen LogP contribution >= 0.6 is 15.9 Å². The quantitative estimate of drug-likeness (QED) is 0.522. The highest BCUT2D eigenvalue weighted by Gasteiger charge is 2.19. The maximum atomic E-state index is 12.3. The number of benzene rings is 2. The molecule has 0 saturated carbocycles. The van der Waals surface area contributed by atoms with E-state index in [0.717, 1.165) is 15.6 Å². The van der Waals surface area contributed by atoms with Gasteiger partial charge in [-0.15, -0.1) is 0 Å². The number of nitrogens with one attached hydrogen (secondary N) is 3. The van der Waals surface area contributed by atoms with Gasteiger partial charge in [-0.05, 0) is 36.8 Å². The number of urea groups is 1. The molecule has 0 bridgehead atoms. The Kier molecular flexibility index (Phi) is 8.67. The fraction of sp³-hybridized carbons (Fsp3) is 0.286. The Hall–Kier alpha value is -2.87. The number of methoxy groups -OCH3 is 1. The summed E-state index contributed by atoms with van der Waals surface area (Å²) in [6.45, 7) is 2.12. The molecule has 2 rings (SSSR count). The number of carbonyl (C=O) groups is 3. The first kappa shape index (κ1) is 22.4. The summed E-state index contributed by atoms with van der Waals surface area (Å²) in [7, 11) is 1.31. The molecule has 0 aliphatic heterocycles. The lowest BCUT2D eigenvalue weighted by Gasteiger charge is -2.18. The Bertz CT molecular complexity index is 838. The van der Waals surface area contributed by atoms with Crippen LogP contribution in [0.3, 0.4) is 0 Å². The van der Waals surface area contributed by atoms with Gasteiger partial charge in [-0.3, -0.25) is 9.59 Å². The topological polar surface area (TPSA) is 96.5 Å². The van der Waals surface area contributed by atoms with Crippen molar-refractivity contribution in [1.82, 2.24) is 10.6 Å². The highest BCUT2D eigenvalue weighted by atomic mass is 79.9. The van der Waals surface area contributed by atoms with Gasteiger partial charge in [0.15, 0.2) is 0 Å². The minimum absolute atomic E-state index is 0.0305. The fourth-order valence-electron chi connectivity index (χ4n) is 2.57. The van der Waals surface area contributed by atoms with Gasteiger partial charge < -0.3 is 20.7 Å². The van der Waals surface area contributed by atoms with Crippen molar-refractivity contribution in [2.45, 2.75) is 25.8 Å². The van der Waals surface area contributed by atoms with E-state index < -0.39 is 18.0 Å². The minimum atomic E-state index is -0.493. The maximum Gasteiger partial charge on any atom is 0.319 e. The molecule has 0 aromatic heterocycles. The molecule has 3 amide bonds. The normalized spacial score (nSPS) is 11.3. The van der Waals surface area contributed by atoms with E-state index in [2.05, 4.69) is 31.9 Å². The van der Waals surface area contributed by atoms with Crippen LogP contribution in [0.5, 0.6) is 0 Å². The molecule has 8 heteroatoms.